The molecule has 0 saturated carbocycles. The van der Waals surface area contributed by atoms with Crippen LogP contribution in [0.2, 0.25) is 0 Å². The number of hydrogen-bond donors (Lipinski definition) is 2. The van der Waals surface area contributed by atoms with E-state index in [1.165, 1.54) is 22.2 Å². The highest BCUT2D eigenvalue weighted by molar-refractivity contribution is 5.95. The largest absolute Gasteiger partial charge is 0.384 e. The maximum atomic E-state index is 4.35. The second-order valence-electron chi connectivity index (χ2n) is 3.53. The number of nitrogens with one attached hydrogen (secondary N) is 2. The van der Waals surface area contributed by atoms with Crippen molar-refractivity contribution >= 4 is 16.7 Å². The molecule has 0 aliphatic carbocycles. The summed E-state index contributed by atoms with van der Waals surface area (Å²) < 4.78 is 0. The maximum absolute atomic E-state index is 4.35. The summed E-state index contributed by atoms with van der Waals surface area (Å²) in [5.74, 6) is 0. The fourth-order valence-electron chi connectivity index (χ4n) is 2.00. The molecule has 2 N–H and O–H groups in total. The topological polar surface area (TPSA) is 40.7 Å². The lowest BCUT2D eigenvalue weighted by atomic mass is 10.0. The Morgan fingerprint density at radius 1 is 1.46 bits per heavy atom. The van der Waals surface area contributed by atoms with Gasteiger partial charge in [0.2, 0.25) is 0 Å². The molecule has 66 valence electrons. The van der Waals surface area contributed by atoms with Crippen molar-refractivity contribution in [3.05, 3.63) is 23.5 Å². The van der Waals surface area contributed by atoms with Crippen LogP contribution in [0.5, 0.6) is 0 Å². The number of aromatic nitrogens is 2. The van der Waals surface area contributed by atoms with Gasteiger partial charge in [-0.25, -0.2) is 4.98 Å². The highest BCUT2D eigenvalue weighted by Gasteiger charge is 2.15. The second kappa shape index (κ2) is 2.25. The number of pyridine rings is 1. The van der Waals surface area contributed by atoms with E-state index < -0.39 is 0 Å². The summed E-state index contributed by atoms with van der Waals surface area (Å²) in [6, 6.07) is 0. The molecule has 13 heavy (non-hydrogen) atoms. The molecule has 3 heterocycles. The molecule has 3 heteroatoms. The van der Waals surface area contributed by atoms with Gasteiger partial charge in [0.1, 0.15) is 5.65 Å². The number of aryl methyl sites for hydroxylation is 1. The minimum Gasteiger partial charge on any atom is -0.384 e. The first-order valence-electron chi connectivity index (χ1n) is 4.55. The van der Waals surface area contributed by atoms with Crippen LogP contribution in [0.15, 0.2) is 12.4 Å². The lowest BCUT2D eigenvalue weighted by Crippen LogP contribution is -2.11. The van der Waals surface area contributed by atoms with Gasteiger partial charge in [-0.1, -0.05) is 0 Å². The number of nitrogens with zero attached hydrogens (tertiary/aromatic N) is 1. The first-order chi connectivity index (χ1) is 6.36. The summed E-state index contributed by atoms with van der Waals surface area (Å²) in [4.78, 5) is 7.54. The molecular formula is C10H11N3. The minimum absolute atomic E-state index is 1.00. The molecule has 0 atom stereocenters. The van der Waals surface area contributed by atoms with Crippen molar-refractivity contribution in [2.24, 2.45) is 0 Å². The van der Waals surface area contributed by atoms with Crippen molar-refractivity contribution < 1.29 is 0 Å². The van der Waals surface area contributed by atoms with Gasteiger partial charge in [0, 0.05) is 30.0 Å². The average Bonchev–Trinajstić information content (AvgIpc) is 2.57. The highest BCUT2D eigenvalue weighted by atomic mass is 14.9. The highest BCUT2D eigenvalue weighted by Crippen LogP contribution is 2.31. The third-order valence-corrected chi connectivity index (χ3v) is 2.67. The van der Waals surface area contributed by atoms with Gasteiger partial charge in [0.15, 0.2) is 0 Å². The van der Waals surface area contributed by atoms with Gasteiger partial charge in [0.25, 0.3) is 0 Å². The summed E-state index contributed by atoms with van der Waals surface area (Å²) in [5, 5.41) is 4.70. The first kappa shape index (κ1) is 6.95. The van der Waals surface area contributed by atoms with Crippen LogP contribution in [0.4, 0.5) is 5.69 Å². The Kier molecular flexibility index (Phi) is 1.20. The number of aromatic amines is 1. The monoisotopic (exact) mass is 173 g/mol. The normalized spacial score (nSPS) is 14.5. The van der Waals surface area contributed by atoms with Crippen LogP contribution >= 0.6 is 0 Å². The molecule has 1 aliphatic heterocycles. The van der Waals surface area contributed by atoms with E-state index in [4.69, 9.17) is 0 Å². The summed E-state index contributed by atoms with van der Waals surface area (Å²) in [5.41, 5.74) is 4.88. The SMILES string of the molecule is Cc1cnc2[nH]cc3c2c1NCC3. The molecule has 0 amide bonds. The Hall–Kier alpha value is -1.51. The van der Waals surface area contributed by atoms with Crippen LogP contribution in [-0.2, 0) is 6.42 Å². The molecule has 0 aromatic carbocycles. The van der Waals surface area contributed by atoms with Crippen LogP contribution in [0.25, 0.3) is 11.0 Å². The number of H-pyrrole nitrogens is 1. The molecule has 0 bridgehead atoms. The Bertz CT molecular complexity index is 470. The Labute approximate surface area is 76.2 Å². The number of rotatable bonds is 0. The zero-order chi connectivity index (χ0) is 8.84. The van der Waals surface area contributed by atoms with Gasteiger partial charge in [-0.15, -0.1) is 0 Å². The number of anilines is 1. The summed E-state index contributed by atoms with van der Waals surface area (Å²) >= 11 is 0. The van der Waals surface area contributed by atoms with Crippen LogP contribution in [-0.4, -0.2) is 16.5 Å². The molecule has 3 nitrogen and oxygen atoms in total. The molecule has 2 aromatic heterocycles. The predicted molar refractivity (Wildman–Crippen MR) is 53.0 cm³/mol. The van der Waals surface area contributed by atoms with Gasteiger partial charge < -0.3 is 10.3 Å². The van der Waals surface area contributed by atoms with Crippen LogP contribution < -0.4 is 5.32 Å². The molecule has 0 fully saturated rings. The molecule has 0 radical (unpaired) electrons. The Balaban J connectivity index is 2.50. The van der Waals surface area contributed by atoms with Crippen molar-refractivity contribution in [1.82, 2.24) is 9.97 Å². The molecule has 2 aromatic rings. The average molecular weight is 173 g/mol. The van der Waals surface area contributed by atoms with Gasteiger partial charge in [-0.3, -0.25) is 0 Å². The molecule has 0 spiro atoms. The van der Waals surface area contributed by atoms with E-state index >= 15 is 0 Å². The smallest absolute Gasteiger partial charge is 0.139 e. The van der Waals surface area contributed by atoms with Crippen LogP contribution in [0, 0.1) is 6.92 Å². The van der Waals surface area contributed by atoms with Gasteiger partial charge in [-0.05, 0) is 24.5 Å². The van der Waals surface area contributed by atoms with Gasteiger partial charge >= 0.3 is 0 Å². The van der Waals surface area contributed by atoms with Crippen molar-refractivity contribution in [2.75, 3.05) is 11.9 Å². The van der Waals surface area contributed by atoms with E-state index in [2.05, 4.69) is 28.4 Å². The minimum atomic E-state index is 1.00. The summed E-state index contributed by atoms with van der Waals surface area (Å²) in [6.07, 6.45) is 5.08. The quantitative estimate of drug-likeness (QED) is 0.638. The molecule has 0 unspecified atom stereocenters. The number of hydrogen-bond acceptors (Lipinski definition) is 2. The second-order valence-corrected chi connectivity index (χ2v) is 3.53. The fourth-order valence-corrected chi connectivity index (χ4v) is 2.00. The van der Waals surface area contributed by atoms with Crippen molar-refractivity contribution in [2.45, 2.75) is 13.3 Å². The molecule has 3 rings (SSSR count). The van der Waals surface area contributed by atoms with Crippen molar-refractivity contribution in [1.29, 1.82) is 0 Å². The van der Waals surface area contributed by atoms with E-state index in [1.807, 2.05) is 6.20 Å². The summed E-state index contributed by atoms with van der Waals surface area (Å²) in [7, 11) is 0. The maximum Gasteiger partial charge on any atom is 0.139 e. The van der Waals surface area contributed by atoms with Crippen molar-refractivity contribution in [3.8, 4) is 0 Å². The van der Waals surface area contributed by atoms with Gasteiger partial charge in [-0.2, -0.15) is 0 Å². The van der Waals surface area contributed by atoms with E-state index in [0.717, 1.165) is 18.6 Å². The summed E-state index contributed by atoms with van der Waals surface area (Å²) in [6.45, 7) is 3.13. The van der Waals surface area contributed by atoms with E-state index in [1.54, 1.807) is 0 Å². The van der Waals surface area contributed by atoms with E-state index in [0.29, 0.717) is 0 Å². The predicted octanol–water partition coefficient (Wildman–Crippen LogP) is 1.84. The van der Waals surface area contributed by atoms with Crippen LogP contribution in [0.3, 0.4) is 0 Å². The Morgan fingerprint density at radius 3 is 3.31 bits per heavy atom. The Morgan fingerprint density at radius 2 is 2.38 bits per heavy atom. The lowest BCUT2D eigenvalue weighted by molar-refractivity contribution is 1.01. The van der Waals surface area contributed by atoms with Gasteiger partial charge in [0.05, 0.1) is 0 Å². The standard InChI is InChI=1S/C10H11N3/c1-6-4-12-10-8-7(5-13-10)2-3-11-9(6)8/h4-5,11H,2-3H2,1H3,(H,12,13). The zero-order valence-corrected chi connectivity index (χ0v) is 7.52. The third-order valence-electron chi connectivity index (χ3n) is 2.67. The third kappa shape index (κ3) is 0.813. The first-order valence-corrected chi connectivity index (χ1v) is 4.55. The van der Waals surface area contributed by atoms with E-state index in [-0.39, 0.29) is 0 Å². The van der Waals surface area contributed by atoms with Crippen molar-refractivity contribution in [3.63, 3.8) is 0 Å². The molecular weight excluding hydrogens is 162 g/mol. The zero-order valence-electron chi connectivity index (χ0n) is 7.52. The molecule has 1 aliphatic rings. The lowest BCUT2D eigenvalue weighted by Gasteiger charge is -2.16. The fraction of sp³-hybridized carbons (Fsp3) is 0.300. The van der Waals surface area contributed by atoms with E-state index in [9.17, 15) is 0 Å². The molecule has 0 saturated heterocycles. The van der Waals surface area contributed by atoms with Crippen LogP contribution in [0.1, 0.15) is 11.1 Å².